The third-order valence-corrected chi connectivity index (χ3v) is 5.68. The minimum atomic E-state index is -0.187. The van der Waals surface area contributed by atoms with E-state index >= 15 is 0 Å². The molecule has 4 N–H and O–H groups in total. The smallest absolute Gasteiger partial charge is 0.253 e. The van der Waals surface area contributed by atoms with Crippen LogP contribution in [0.15, 0.2) is 53.6 Å². The first-order valence-corrected chi connectivity index (χ1v) is 10.5. The van der Waals surface area contributed by atoms with Crippen LogP contribution in [-0.2, 0) is 17.8 Å². The van der Waals surface area contributed by atoms with Crippen LogP contribution in [0.3, 0.4) is 0 Å². The Hall–Kier alpha value is -3.94. The highest BCUT2D eigenvalue weighted by molar-refractivity contribution is 5.87. The number of pyridine rings is 1. The number of nitrogens with one attached hydrogen (secondary N) is 2. The number of nitrogens with two attached hydrogens (primary N) is 1. The number of carbonyl (C=O) groups excluding carboxylic acids is 1. The van der Waals surface area contributed by atoms with Crippen LogP contribution in [0.5, 0.6) is 0 Å². The van der Waals surface area contributed by atoms with Gasteiger partial charge in [-0.15, -0.1) is 0 Å². The van der Waals surface area contributed by atoms with E-state index in [-0.39, 0.29) is 36.4 Å². The second-order valence-electron chi connectivity index (χ2n) is 8.01. The average molecular weight is 431 g/mol. The third kappa shape index (κ3) is 4.25. The highest BCUT2D eigenvalue weighted by atomic mass is 16.1. The highest BCUT2D eigenvalue weighted by Crippen LogP contribution is 2.27. The molecule has 4 rings (SSSR count). The molecule has 1 aromatic carbocycles. The molecule has 0 aliphatic rings. The number of carbonyl (C=O) groups is 1. The first-order valence-electron chi connectivity index (χ1n) is 10.5. The average Bonchev–Trinajstić information content (AvgIpc) is 3.10. The number of aromatic amines is 1. The Bertz CT molecular complexity index is 1340. The summed E-state index contributed by atoms with van der Waals surface area (Å²) in [5.74, 6) is -0.00482. The molecule has 1 atom stereocenters. The highest BCUT2D eigenvalue weighted by Gasteiger charge is 2.18. The lowest BCUT2D eigenvalue weighted by molar-refractivity contribution is -0.120. The van der Waals surface area contributed by atoms with E-state index in [1.165, 1.54) is 0 Å². The van der Waals surface area contributed by atoms with Crippen molar-refractivity contribution in [2.24, 2.45) is 0 Å². The maximum absolute atomic E-state index is 12.7. The van der Waals surface area contributed by atoms with Gasteiger partial charge in [-0.05, 0) is 43.5 Å². The Morgan fingerprint density at radius 2 is 2.00 bits per heavy atom. The zero-order valence-corrected chi connectivity index (χ0v) is 18.3. The Kier molecular flexibility index (Phi) is 5.77. The molecule has 3 aromatic heterocycles. The summed E-state index contributed by atoms with van der Waals surface area (Å²) in [5, 5.41) is 3.64. The zero-order valence-electron chi connectivity index (χ0n) is 18.3. The fourth-order valence-corrected chi connectivity index (χ4v) is 3.96. The molecule has 0 saturated heterocycles. The number of hydrogen-bond acceptors (Lipinski definition) is 5. The van der Waals surface area contributed by atoms with Crippen LogP contribution in [0, 0.1) is 13.8 Å². The van der Waals surface area contributed by atoms with Crippen molar-refractivity contribution in [2.75, 3.05) is 5.73 Å². The van der Waals surface area contributed by atoms with Crippen molar-refractivity contribution in [1.29, 1.82) is 0 Å². The molecule has 0 saturated carbocycles. The first-order chi connectivity index (χ1) is 15.3. The lowest BCUT2D eigenvalue weighted by Gasteiger charge is -2.15. The van der Waals surface area contributed by atoms with Crippen LogP contribution in [0.2, 0.25) is 0 Å². The second-order valence-corrected chi connectivity index (χ2v) is 8.01. The summed E-state index contributed by atoms with van der Waals surface area (Å²) >= 11 is 0. The molecule has 0 radical (unpaired) electrons. The van der Waals surface area contributed by atoms with Gasteiger partial charge in [-0.3, -0.25) is 9.59 Å². The monoisotopic (exact) mass is 430 g/mol. The van der Waals surface area contributed by atoms with Gasteiger partial charge in [0.1, 0.15) is 5.65 Å². The number of benzene rings is 1. The van der Waals surface area contributed by atoms with Gasteiger partial charge < -0.3 is 20.6 Å². The molecule has 8 heteroatoms. The normalized spacial score (nSPS) is 12.1. The molecular formula is C24H26N6O2. The molecule has 1 amide bonds. The Morgan fingerprint density at radius 1 is 1.25 bits per heavy atom. The standard InChI is InChI=1S/C24H26N6O2/c1-14-9-15(2)28-23(32)19(14)11-26-21(31)10-18-13-30(16(3)17-7-5-4-6-8-17)22-20(18)12-27-24(25)29-22/h4-9,12-13,16H,10-11H2,1-3H3,(H,26,31)(H,28,32)(H2,25,27,29)/t16-/m1/s1. The van der Waals surface area contributed by atoms with E-state index in [0.717, 1.165) is 27.8 Å². The summed E-state index contributed by atoms with van der Waals surface area (Å²) in [7, 11) is 0. The summed E-state index contributed by atoms with van der Waals surface area (Å²) in [5.41, 5.74) is 10.5. The van der Waals surface area contributed by atoms with Crippen LogP contribution in [-0.4, -0.2) is 25.4 Å². The molecule has 4 aromatic rings. The molecule has 0 aliphatic heterocycles. The number of nitrogens with zero attached hydrogens (tertiary/aromatic N) is 3. The number of rotatable bonds is 6. The number of anilines is 1. The molecule has 0 unspecified atom stereocenters. The number of hydrogen-bond donors (Lipinski definition) is 3. The van der Waals surface area contributed by atoms with Gasteiger partial charge in [-0.1, -0.05) is 30.3 Å². The Labute approximate surface area is 185 Å². The molecule has 0 aliphatic carbocycles. The Balaban J connectivity index is 1.59. The molecule has 164 valence electrons. The lowest BCUT2D eigenvalue weighted by Crippen LogP contribution is -2.29. The lowest BCUT2D eigenvalue weighted by atomic mass is 10.1. The van der Waals surface area contributed by atoms with E-state index in [2.05, 4.69) is 39.3 Å². The van der Waals surface area contributed by atoms with Gasteiger partial charge in [0.05, 0.1) is 12.5 Å². The predicted octanol–water partition coefficient (Wildman–Crippen LogP) is 2.79. The van der Waals surface area contributed by atoms with Crippen LogP contribution < -0.4 is 16.6 Å². The molecule has 0 spiro atoms. The van der Waals surface area contributed by atoms with E-state index in [4.69, 9.17) is 5.73 Å². The number of fused-ring (bicyclic) bond motifs is 1. The van der Waals surface area contributed by atoms with Crippen LogP contribution in [0.1, 0.15) is 40.9 Å². The van der Waals surface area contributed by atoms with E-state index in [0.29, 0.717) is 11.2 Å². The fraction of sp³-hybridized carbons (Fsp3) is 0.250. The van der Waals surface area contributed by atoms with Crippen molar-refractivity contribution >= 4 is 22.9 Å². The maximum atomic E-state index is 12.7. The summed E-state index contributed by atoms with van der Waals surface area (Å²) in [6.07, 6.45) is 3.73. The summed E-state index contributed by atoms with van der Waals surface area (Å²) in [6, 6.07) is 11.9. The predicted molar refractivity (Wildman–Crippen MR) is 124 cm³/mol. The first kappa shape index (κ1) is 21.3. The van der Waals surface area contributed by atoms with E-state index in [9.17, 15) is 9.59 Å². The zero-order chi connectivity index (χ0) is 22.8. The molecule has 3 heterocycles. The van der Waals surface area contributed by atoms with Crippen LogP contribution in [0.4, 0.5) is 5.95 Å². The Morgan fingerprint density at radius 3 is 2.72 bits per heavy atom. The summed E-state index contributed by atoms with van der Waals surface area (Å²) in [6.45, 7) is 5.94. The van der Waals surface area contributed by atoms with E-state index in [1.54, 1.807) is 6.20 Å². The quantitative estimate of drug-likeness (QED) is 0.435. The number of aromatic nitrogens is 4. The summed E-state index contributed by atoms with van der Waals surface area (Å²) < 4.78 is 2.01. The van der Waals surface area contributed by atoms with E-state index in [1.807, 2.05) is 48.9 Å². The SMILES string of the molecule is Cc1cc(C)c(CNC(=O)Cc2cn([C@H](C)c3ccccc3)c3nc(N)ncc23)c(=O)[nH]1. The van der Waals surface area contributed by atoms with Gasteiger partial charge >= 0.3 is 0 Å². The maximum Gasteiger partial charge on any atom is 0.253 e. The van der Waals surface area contributed by atoms with Gasteiger partial charge in [0.15, 0.2) is 0 Å². The molecule has 32 heavy (non-hydrogen) atoms. The molecule has 0 fully saturated rings. The van der Waals surface area contributed by atoms with Crippen molar-refractivity contribution in [3.05, 3.63) is 87.1 Å². The number of nitrogen functional groups attached to an aromatic ring is 1. The van der Waals surface area contributed by atoms with Crippen LogP contribution >= 0.6 is 0 Å². The topological polar surface area (TPSA) is 119 Å². The van der Waals surface area contributed by atoms with Gasteiger partial charge in [0.2, 0.25) is 11.9 Å². The molecular weight excluding hydrogens is 404 g/mol. The van der Waals surface area contributed by atoms with Gasteiger partial charge in [0, 0.05) is 35.6 Å². The van der Waals surface area contributed by atoms with Gasteiger partial charge in [-0.2, -0.15) is 4.98 Å². The van der Waals surface area contributed by atoms with E-state index < -0.39 is 0 Å². The van der Waals surface area contributed by atoms with Crippen molar-refractivity contribution in [3.8, 4) is 0 Å². The summed E-state index contributed by atoms with van der Waals surface area (Å²) in [4.78, 5) is 36.3. The molecule has 0 bridgehead atoms. The van der Waals surface area contributed by atoms with Crippen LogP contribution in [0.25, 0.3) is 11.0 Å². The minimum Gasteiger partial charge on any atom is -0.368 e. The van der Waals surface area contributed by atoms with Crippen molar-refractivity contribution in [1.82, 2.24) is 24.8 Å². The third-order valence-electron chi connectivity index (χ3n) is 5.68. The fourth-order valence-electron chi connectivity index (χ4n) is 3.96. The largest absolute Gasteiger partial charge is 0.368 e. The number of H-pyrrole nitrogens is 1. The molecule has 8 nitrogen and oxygen atoms in total. The second kappa shape index (κ2) is 8.66. The van der Waals surface area contributed by atoms with Crippen molar-refractivity contribution < 1.29 is 4.79 Å². The number of amides is 1. The number of aryl methyl sites for hydroxylation is 2. The van der Waals surface area contributed by atoms with Gasteiger partial charge in [-0.25, -0.2) is 4.98 Å². The van der Waals surface area contributed by atoms with Gasteiger partial charge in [0.25, 0.3) is 5.56 Å². The minimum absolute atomic E-state index is 0.00132. The van der Waals surface area contributed by atoms with Crippen molar-refractivity contribution in [3.63, 3.8) is 0 Å². The van der Waals surface area contributed by atoms with Crippen molar-refractivity contribution in [2.45, 2.75) is 39.8 Å².